The van der Waals surface area contributed by atoms with Crippen LogP contribution in [0, 0.1) is 5.92 Å². The van der Waals surface area contributed by atoms with Crippen LogP contribution in [-0.4, -0.2) is 23.4 Å². The Balaban J connectivity index is 1.94. The highest BCUT2D eigenvalue weighted by molar-refractivity contribution is 5.10. The summed E-state index contributed by atoms with van der Waals surface area (Å²) in [5.41, 5.74) is 5.31. The summed E-state index contributed by atoms with van der Waals surface area (Å²) in [5.74, 6) is 1.34. The highest BCUT2D eigenvalue weighted by atomic mass is 16.5. The second-order valence-electron chi connectivity index (χ2n) is 2.98. The predicted octanol–water partition coefficient (Wildman–Crippen LogP) is 0.231. The van der Waals surface area contributed by atoms with Gasteiger partial charge in [0, 0.05) is 19.6 Å². The molecule has 1 saturated heterocycles. The van der Waals surface area contributed by atoms with Gasteiger partial charge in [-0.25, -0.2) is 0 Å². The number of rotatable bonds is 2. The van der Waals surface area contributed by atoms with Crippen LogP contribution in [-0.2, 0) is 11.2 Å². The van der Waals surface area contributed by atoms with Crippen molar-refractivity contribution in [2.24, 2.45) is 5.92 Å². The summed E-state index contributed by atoms with van der Waals surface area (Å²) >= 11 is 0. The first-order valence-corrected chi connectivity index (χ1v) is 4.00. The summed E-state index contributed by atoms with van der Waals surface area (Å²) in [6, 6.07) is 0. The van der Waals surface area contributed by atoms with Crippen molar-refractivity contribution in [3.8, 4) is 0 Å². The Labute approximate surface area is 69.9 Å². The molecule has 0 spiro atoms. The largest absolute Gasteiger partial charge is 0.381 e. The Morgan fingerprint density at radius 3 is 3.08 bits per heavy atom. The molecule has 1 aromatic heterocycles. The Morgan fingerprint density at radius 2 is 2.50 bits per heavy atom. The summed E-state index contributed by atoms with van der Waals surface area (Å²) < 4.78 is 10.1. The van der Waals surface area contributed by atoms with Crippen molar-refractivity contribution in [3.63, 3.8) is 0 Å². The lowest BCUT2D eigenvalue weighted by atomic mass is 10.1. The van der Waals surface area contributed by atoms with Crippen LogP contribution in [0.25, 0.3) is 0 Å². The molecule has 2 rings (SSSR count). The monoisotopic (exact) mass is 169 g/mol. The molecule has 5 nitrogen and oxygen atoms in total. The second-order valence-corrected chi connectivity index (χ2v) is 2.98. The number of hydrogen-bond donors (Lipinski definition) is 1. The van der Waals surface area contributed by atoms with E-state index >= 15 is 0 Å². The van der Waals surface area contributed by atoms with Gasteiger partial charge in [-0.2, -0.15) is 4.98 Å². The molecule has 0 aromatic carbocycles. The molecule has 1 aromatic rings. The van der Waals surface area contributed by atoms with Gasteiger partial charge in [-0.1, -0.05) is 0 Å². The third-order valence-corrected chi connectivity index (χ3v) is 1.97. The van der Waals surface area contributed by atoms with Crippen LogP contribution in [0.5, 0.6) is 0 Å². The predicted molar refractivity (Wildman–Crippen MR) is 41.3 cm³/mol. The smallest absolute Gasteiger partial charge is 0.260 e. The molecule has 1 aliphatic rings. The standard InChI is InChI=1S/C7H11N3O2/c8-7-9-6(12-10-7)3-5-1-2-11-4-5/h5H,1-4H2,(H2,8,10). The van der Waals surface area contributed by atoms with Crippen LogP contribution in [0.15, 0.2) is 4.52 Å². The van der Waals surface area contributed by atoms with E-state index in [0.717, 1.165) is 26.1 Å². The van der Waals surface area contributed by atoms with E-state index in [1.54, 1.807) is 0 Å². The van der Waals surface area contributed by atoms with Crippen LogP contribution in [0.3, 0.4) is 0 Å². The molecule has 1 atom stereocenters. The zero-order valence-corrected chi connectivity index (χ0v) is 6.69. The zero-order chi connectivity index (χ0) is 8.39. The SMILES string of the molecule is Nc1noc(CC2CCOC2)n1. The first-order valence-electron chi connectivity index (χ1n) is 4.00. The highest BCUT2D eigenvalue weighted by Gasteiger charge is 2.18. The van der Waals surface area contributed by atoms with Gasteiger partial charge in [0.2, 0.25) is 5.89 Å². The summed E-state index contributed by atoms with van der Waals surface area (Å²) in [4.78, 5) is 3.92. The van der Waals surface area contributed by atoms with Gasteiger partial charge >= 0.3 is 0 Å². The quantitative estimate of drug-likeness (QED) is 0.686. The maximum atomic E-state index is 5.31. The van der Waals surface area contributed by atoms with E-state index in [4.69, 9.17) is 15.0 Å². The summed E-state index contributed by atoms with van der Waals surface area (Å²) in [6.45, 7) is 1.64. The Bertz CT molecular complexity index is 255. The maximum absolute atomic E-state index is 5.31. The van der Waals surface area contributed by atoms with Gasteiger partial charge in [-0.3, -0.25) is 0 Å². The molecule has 0 bridgehead atoms. The Morgan fingerprint density at radius 1 is 1.58 bits per heavy atom. The van der Waals surface area contributed by atoms with Gasteiger partial charge in [0.05, 0.1) is 0 Å². The Hall–Kier alpha value is -1.10. The highest BCUT2D eigenvalue weighted by Crippen LogP contribution is 2.17. The summed E-state index contributed by atoms with van der Waals surface area (Å²) in [6.07, 6.45) is 1.85. The molecule has 0 amide bonds. The zero-order valence-electron chi connectivity index (χ0n) is 6.69. The normalized spacial score (nSPS) is 23.2. The number of aromatic nitrogens is 2. The fourth-order valence-electron chi connectivity index (χ4n) is 1.34. The molecule has 66 valence electrons. The maximum Gasteiger partial charge on any atom is 0.260 e. The summed E-state index contributed by atoms with van der Waals surface area (Å²) in [7, 11) is 0. The molecule has 5 heteroatoms. The number of nitrogen functional groups attached to an aromatic ring is 1. The van der Waals surface area contributed by atoms with Gasteiger partial charge in [0.25, 0.3) is 5.95 Å². The van der Waals surface area contributed by atoms with E-state index in [1.807, 2.05) is 0 Å². The van der Waals surface area contributed by atoms with E-state index in [0.29, 0.717) is 11.8 Å². The van der Waals surface area contributed by atoms with Crippen molar-refractivity contribution in [3.05, 3.63) is 5.89 Å². The van der Waals surface area contributed by atoms with Gasteiger partial charge in [0.15, 0.2) is 0 Å². The minimum absolute atomic E-state index is 0.212. The van der Waals surface area contributed by atoms with Crippen molar-refractivity contribution >= 4 is 5.95 Å². The van der Waals surface area contributed by atoms with Crippen LogP contribution in [0.2, 0.25) is 0 Å². The van der Waals surface area contributed by atoms with Crippen molar-refractivity contribution < 1.29 is 9.26 Å². The van der Waals surface area contributed by atoms with E-state index in [9.17, 15) is 0 Å². The van der Waals surface area contributed by atoms with Crippen molar-refractivity contribution in [2.75, 3.05) is 18.9 Å². The molecule has 1 aliphatic heterocycles. The fourth-order valence-corrected chi connectivity index (χ4v) is 1.34. The van der Waals surface area contributed by atoms with E-state index in [2.05, 4.69) is 10.1 Å². The lowest BCUT2D eigenvalue weighted by Crippen LogP contribution is -2.03. The second kappa shape index (κ2) is 3.10. The van der Waals surface area contributed by atoms with E-state index < -0.39 is 0 Å². The molecule has 2 heterocycles. The molecule has 0 radical (unpaired) electrons. The van der Waals surface area contributed by atoms with Crippen LogP contribution >= 0.6 is 0 Å². The molecular weight excluding hydrogens is 158 g/mol. The average Bonchev–Trinajstić information content (AvgIpc) is 2.63. The third-order valence-electron chi connectivity index (χ3n) is 1.97. The summed E-state index contributed by atoms with van der Waals surface area (Å²) in [5, 5.41) is 3.51. The number of nitrogens with zero attached hydrogens (tertiary/aromatic N) is 2. The van der Waals surface area contributed by atoms with Gasteiger partial charge < -0.3 is 15.0 Å². The van der Waals surface area contributed by atoms with Crippen molar-refractivity contribution in [2.45, 2.75) is 12.8 Å². The first-order chi connectivity index (χ1) is 5.84. The number of anilines is 1. The number of hydrogen-bond acceptors (Lipinski definition) is 5. The molecule has 1 fully saturated rings. The Kier molecular flexibility index (Phi) is 1.95. The minimum atomic E-state index is 0.212. The lowest BCUT2D eigenvalue weighted by Gasteiger charge is -2.00. The van der Waals surface area contributed by atoms with Crippen LogP contribution < -0.4 is 5.73 Å². The average molecular weight is 169 g/mol. The number of nitrogens with two attached hydrogens (primary N) is 1. The van der Waals surface area contributed by atoms with Crippen LogP contribution in [0.4, 0.5) is 5.95 Å². The molecule has 0 saturated carbocycles. The molecule has 1 unspecified atom stereocenters. The third kappa shape index (κ3) is 1.55. The van der Waals surface area contributed by atoms with Crippen molar-refractivity contribution in [1.29, 1.82) is 0 Å². The topological polar surface area (TPSA) is 74.2 Å². The van der Waals surface area contributed by atoms with Gasteiger partial charge in [-0.05, 0) is 17.5 Å². The molecular formula is C7H11N3O2. The first kappa shape index (κ1) is 7.54. The minimum Gasteiger partial charge on any atom is -0.381 e. The molecule has 12 heavy (non-hydrogen) atoms. The fraction of sp³-hybridized carbons (Fsp3) is 0.714. The lowest BCUT2D eigenvalue weighted by molar-refractivity contribution is 0.183. The number of ether oxygens (including phenoxy) is 1. The van der Waals surface area contributed by atoms with Gasteiger partial charge in [0.1, 0.15) is 0 Å². The van der Waals surface area contributed by atoms with E-state index in [1.165, 1.54) is 0 Å². The molecule has 2 N–H and O–H groups in total. The van der Waals surface area contributed by atoms with Crippen LogP contribution in [0.1, 0.15) is 12.3 Å². The molecule has 0 aliphatic carbocycles. The van der Waals surface area contributed by atoms with Crippen molar-refractivity contribution in [1.82, 2.24) is 10.1 Å². The van der Waals surface area contributed by atoms with Gasteiger partial charge in [-0.15, -0.1) is 0 Å². The van der Waals surface area contributed by atoms with E-state index in [-0.39, 0.29) is 5.95 Å².